The van der Waals surface area contributed by atoms with Crippen LogP contribution in [0.4, 0.5) is 0 Å². The van der Waals surface area contributed by atoms with Gasteiger partial charge in [0.25, 0.3) is 0 Å². The van der Waals surface area contributed by atoms with Crippen LogP contribution in [0.3, 0.4) is 0 Å². The summed E-state index contributed by atoms with van der Waals surface area (Å²) in [4.78, 5) is 11.3. The van der Waals surface area contributed by atoms with Crippen LogP contribution < -0.4 is 0 Å². The molecule has 1 N–H and O–H groups in total. The molecule has 0 aliphatic rings. The van der Waals surface area contributed by atoms with E-state index >= 15 is 0 Å². The van der Waals surface area contributed by atoms with Crippen molar-refractivity contribution in [3.05, 3.63) is 34.9 Å². The van der Waals surface area contributed by atoms with Crippen molar-refractivity contribution in [3.63, 3.8) is 0 Å². The van der Waals surface area contributed by atoms with E-state index in [4.69, 9.17) is 4.74 Å². The molecule has 0 saturated carbocycles. The quantitative estimate of drug-likeness (QED) is 0.817. The van der Waals surface area contributed by atoms with Crippen LogP contribution in [-0.4, -0.2) is 17.7 Å². The van der Waals surface area contributed by atoms with Crippen LogP contribution in [-0.2, 0) is 15.1 Å². The number of carbonyl (C=O) groups excluding carboxylic acids is 1. The van der Waals surface area contributed by atoms with Gasteiger partial charge in [-0.2, -0.15) is 0 Å². The lowest BCUT2D eigenvalue weighted by molar-refractivity contribution is -0.144. The first-order valence-corrected chi connectivity index (χ1v) is 6.32. The Balaban J connectivity index is 2.79. The van der Waals surface area contributed by atoms with Crippen molar-refractivity contribution < 1.29 is 14.6 Å². The largest absolute Gasteiger partial charge is 0.466 e. The Bertz CT molecular complexity index is 422. The smallest absolute Gasteiger partial charge is 0.305 e. The van der Waals surface area contributed by atoms with Crippen molar-refractivity contribution in [2.75, 3.05) is 6.61 Å². The number of aryl methyl sites for hydroxylation is 2. The fourth-order valence-electron chi connectivity index (χ4n) is 2.03. The molecule has 0 amide bonds. The van der Waals surface area contributed by atoms with Crippen LogP contribution in [0.25, 0.3) is 0 Å². The first kappa shape index (κ1) is 14.7. The van der Waals surface area contributed by atoms with Gasteiger partial charge < -0.3 is 9.84 Å². The van der Waals surface area contributed by atoms with E-state index in [9.17, 15) is 9.90 Å². The maximum absolute atomic E-state index is 11.3. The average molecular weight is 250 g/mol. The van der Waals surface area contributed by atoms with Crippen LogP contribution in [0.15, 0.2) is 18.2 Å². The molecule has 0 saturated heterocycles. The molecular formula is C15H22O3. The van der Waals surface area contributed by atoms with Crippen LogP contribution in [0, 0.1) is 13.8 Å². The summed E-state index contributed by atoms with van der Waals surface area (Å²) in [6.45, 7) is 7.86. The van der Waals surface area contributed by atoms with E-state index in [0.717, 1.165) is 16.7 Å². The molecule has 0 fully saturated rings. The summed E-state index contributed by atoms with van der Waals surface area (Å²) in [6.07, 6.45) is 0.602. The van der Waals surface area contributed by atoms with Gasteiger partial charge in [0, 0.05) is 6.42 Å². The Kier molecular flexibility index (Phi) is 4.91. The molecule has 1 aromatic carbocycles. The number of carbonyl (C=O) groups is 1. The third-order valence-corrected chi connectivity index (χ3v) is 3.09. The van der Waals surface area contributed by atoms with Crippen molar-refractivity contribution in [1.29, 1.82) is 0 Å². The lowest BCUT2D eigenvalue weighted by atomic mass is 9.87. The summed E-state index contributed by atoms with van der Waals surface area (Å²) in [5.41, 5.74) is 2.02. The molecule has 0 spiro atoms. The van der Waals surface area contributed by atoms with E-state index in [-0.39, 0.29) is 12.4 Å². The summed E-state index contributed by atoms with van der Waals surface area (Å²) >= 11 is 0. The summed E-state index contributed by atoms with van der Waals surface area (Å²) < 4.78 is 4.88. The van der Waals surface area contributed by atoms with Crippen molar-refractivity contribution in [3.8, 4) is 0 Å². The van der Waals surface area contributed by atoms with Crippen LogP contribution in [0.1, 0.15) is 43.4 Å². The fraction of sp³-hybridized carbons (Fsp3) is 0.533. The van der Waals surface area contributed by atoms with Crippen molar-refractivity contribution >= 4 is 5.97 Å². The SMILES string of the molecule is CCOC(=O)CCC(C)(O)c1cc(C)ccc1C. The molecule has 1 aromatic rings. The summed E-state index contributed by atoms with van der Waals surface area (Å²) in [5.74, 6) is -0.261. The second-order valence-electron chi connectivity index (χ2n) is 4.90. The third kappa shape index (κ3) is 3.84. The second-order valence-corrected chi connectivity index (χ2v) is 4.90. The fourth-order valence-corrected chi connectivity index (χ4v) is 2.03. The van der Waals surface area contributed by atoms with Gasteiger partial charge in [-0.25, -0.2) is 0 Å². The molecule has 0 aliphatic heterocycles. The molecule has 3 heteroatoms. The van der Waals surface area contributed by atoms with Crippen molar-refractivity contribution in [2.45, 2.75) is 46.1 Å². The van der Waals surface area contributed by atoms with Gasteiger partial charge in [0.05, 0.1) is 12.2 Å². The number of benzene rings is 1. The average Bonchev–Trinajstić information content (AvgIpc) is 2.30. The molecule has 0 heterocycles. The maximum Gasteiger partial charge on any atom is 0.305 e. The van der Waals surface area contributed by atoms with Crippen LogP contribution >= 0.6 is 0 Å². The molecule has 0 radical (unpaired) electrons. The van der Waals surface area contributed by atoms with Gasteiger partial charge in [-0.05, 0) is 45.2 Å². The number of hydrogen-bond acceptors (Lipinski definition) is 3. The van der Waals surface area contributed by atoms with Gasteiger partial charge in [-0.3, -0.25) is 4.79 Å². The molecule has 0 aliphatic carbocycles. The predicted molar refractivity (Wildman–Crippen MR) is 71.4 cm³/mol. The number of hydrogen-bond donors (Lipinski definition) is 1. The highest BCUT2D eigenvalue weighted by atomic mass is 16.5. The minimum Gasteiger partial charge on any atom is -0.466 e. The Labute approximate surface area is 109 Å². The van der Waals surface area contributed by atoms with Crippen molar-refractivity contribution in [1.82, 2.24) is 0 Å². The molecule has 1 atom stereocenters. The van der Waals surface area contributed by atoms with Gasteiger partial charge in [-0.1, -0.05) is 23.8 Å². The lowest BCUT2D eigenvalue weighted by Crippen LogP contribution is -2.24. The second kappa shape index (κ2) is 6.01. The molecule has 0 aromatic heterocycles. The summed E-state index contributed by atoms with van der Waals surface area (Å²) in [6, 6.07) is 5.98. The highest BCUT2D eigenvalue weighted by molar-refractivity contribution is 5.69. The van der Waals surface area contributed by atoms with Crippen molar-refractivity contribution in [2.24, 2.45) is 0 Å². The topological polar surface area (TPSA) is 46.5 Å². The Morgan fingerprint density at radius 2 is 2.06 bits per heavy atom. The number of ether oxygens (including phenoxy) is 1. The normalized spacial score (nSPS) is 14.1. The molecule has 3 nitrogen and oxygen atoms in total. The Morgan fingerprint density at radius 3 is 2.67 bits per heavy atom. The third-order valence-electron chi connectivity index (χ3n) is 3.09. The minimum absolute atomic E-state index is 0.230. The zero-order valence-corrected chi connectivity index (χ0v) is 11.6. The molecular weight excluding hydrogens is 228 g/mol. The zero-order chi connectivity index (χ0) is 13.8. The molecule has 100 valence electrons. The van der Waals surface area contributed by atoms with Crippen LogP contribution in [0.5, 0.6) is 0 Å². The molecule has 1 unspecified atom stereocenters. The van der Waals surface area contributed by atoms with E-state index in [1.807, 2.05) is 32.0 Å². The van der Waals surface area contributed by atoms with E-state index in [2.05, 4.69) is 0 Å². The summed E-state index contributed by atoms with van der Waals surface area (Å²) in [7, 11) is 0. The van der Waals surface area contributed by atoms with E-state index in [1.54, 1.807) is 13.8 Å². The minimum atomic E-state index is -0.997. The monoisotopic (exact) mass is 250 g/mol. The molecule has 18 heavy (non-hydrogen) atoms. The Hall–Kier alpha value is -1.35. The predicted octanol–water partition coefficient (Wildman–Crippen LogP) is 2.85. The van der Waals surface area contributed by atoms with E-state index in [1.165, 1.54) is 0 Å². The van der Waals surface area contributed by atoms with Gasteiger partial charge in [0.15, 0.2) is 0 Å². The molecule has 1 rings (SSSR count). The highest BCUT2D eigenvalue weighted by Gasteiger charge is 2.26. The maximum atomic E-state index is 11.3. The number of rotatable bonds is 5. The van der Waals surface area contributed by atoms with Gasteiger partial charge in [0.2, 0.25) is 0 Å². The number of esters is 1. The van der Waals surface area contributed by atoms with E-state index in [0.29, 0.717) is 13.0 Å². The molecule has 0 bridgehead atoms. The lowest BCUT2D eigenvalue weighted by Gasteiger charge is -2.25. The van der Waals surface area contributed by atoms with Gasteiger partial charge in [0.1, 0.15) is 0 Å². The van der Waals surface area contributed by atoms with Crippen LogP contribution in [0.2, 0.25) is 0 Å². The number of aliphatic hydroxyl groups is 1. The van der Waals surface area contributed by atoms with Gasteiger partial charge >= 0.3 is 5.97 Å². The Morgan fingerprint density at radius 1 is 1.39 bits per heavy atom. The van der Waals surface area contributed by atoms with E-state index < -0.39 is 5.60 Å². The van der Waals surface area contributed by atoms with Gasteiger partial charge in [-0.15, -0.1) is 0 Å². The zero-order valence-electron chi connectivity index (χ0n) is 11.6. The first-order chi connectivity index (χ1) is 8.36. The standard InChI is InChI=1S/C15H22O3/c1-5-18-14(16)8-9-15(4,17)13-10-11(2)6-7-12(13)3/h6-7,10,17H,5,8-9H2,1-4H3. The summed E-state index contributed by atoms with van der Waals surface area (Å²) in [5, 5.41) is 10.5. The highest BCUT2D eigenvalue weighted by Crippen LogP contribution is 2.29. The first-order valence-electron chi connectivity index (χ1n) is 6.32.